The van der Waals surface area contributed by atoms with Crippen LogP contribution in [-0.4, -0.2) is 29.0 Å². The molecule has 0 saturated carbocycles. The lowest BCUT2D eigenvalue weighted by molar-refractivity contribution is -0.137. The van der Waals surface area contributed by atoms with Crippen molar-refractivity contribution in [1.29, 1.82) is 0 Å². The molecule has 4 nitrogen and oxygen atoms in total. The summed E-state index contributed by atoms with van der Waals surface area (Å²) in [5.74, 6) is 0.0627. The number of rotatable bonds is 4. The van der Waals surface area contributed by atoms with Crippen molar-refractivity contribution in [2.45, 2.75) is 17.7 Å². The summed E-state index contributed by atoms with van der Waals surface area (Å²) in [5, 5.41) is 8.84. The van der Waals surface area contributed by atoms with Gasteiger partial charge in [0.1, 0.15) is 5.01 Å². The van der Waals surface area contributed by atoms with Crippen LogP contribution in [0.25, 0.3) is 0 Å². The Morgan fingerprint density at radius 2 is 2.38 bits per heavy atom. The van der Waals surface area contributed by atoms with E-state index in [1.54, 1.807) is 0 Å². The smallest absolute Gasteiger partial charge is 0.316 e. The highest BCUT2D eigenvalue weighted by atomic mass is 32.2. The zero-order chi connectivity index (χ0) is 9.68. The minimum Gasteiger partial charge on any atom is -0.468 e. The number of aryl methyl sites for hydroxylation is 1. The normalized spacial score (nSPS) is 10.0. The molecule has 1 aromatic heterocycles. The molecule has 1 heterocycles. The maximum atomic E-state index is 10.8. The molecular formula is C7H10N2O2S2. The van der Waals surface area contributed by atoms with Crippen molar-refractivity contribution < 1.29 is 9.53 Å². The van der Waals surface area contributed by atoms with E-state index in [-0.39, 0.29) is 5.97 Å². The van der Waals surface area contributed by atoms with Gasteiger partial charge < -0.3 is 4.74 Å². The Bertz CT molecular complexity index is 288. The van der Waals surface area contributed by atoms with E-state index in [2.05, 4.69) is 14.9 Å². The summed E-state index contributed by atoms with van der Waals surface area (Å²) in [4.78, 5) is 10.8. The van der Waals surface area contributed by atoms with Crippen LogP contribution in [0, 0.1) is 0 Å². The highest BCUT2D eigenvalue weighted by Crippen LogP contribution is 2.22. The quantitative estimate of drug-likeness (QED) is 0.564. The van der Waals surface area contributed by atoms with Crippen LogP contribution in [0.2, 0.25) is 0 Å². The summed E-state index contributed by atoms with van der Waals surface area (Å²) in [6.07, 6.45) is 0.885. The molecule has 1 aromatic rings. The first-order chi connectivity index (χ1) is 6.26. The number of esters is 1. The third kappa shape index (κ3) is 3.31. The van der Waals surface area contributed by atoms with Crippen molar-refractivity contribution in [1.82, 2.24) is 10.2 Å². The van der Waals surface area contributed by atoms with Gasteiger partial charge in [-0.05, 0) is 6.42 Å². The SMILES string of the molecule is CCc1nnc(SCC(=O)OC)s1. The number of hydrogen-bond donors (Lipinski definition) is 0. The number of hydrogen-bond acceptors (Lipinski definition) is 6. The van der Waals surface area contributed by atoms with Crippen molar-refractivity contribution in [2.24, 2.45) is 0 Å². The Balaban J connectivity index is 2.41. The standard InChI is InChI=1S/C7H10N2O2S2/c1-3-5-8-9-7(13-5)12-4-6(10)11-2/h3-4H2,1-2H3. The first kappa shape index (κ1) is 10.5. The summed E-state index contributed by atoms with van der Waals surface area (Å²) in [6.45, 7) is 2.02. The monoisotopic (exact) mass is 218 g/mol. The Hall–Kier alpha value is -0.620. The topological polar surface area (TPSA) is 52.1 Å². The number of carbonyl (C=O) groups excluding carboxylic acids is 1. The highest BCUT2D eigenvalue weighted by Gasteiger charge is 2.06. The van der Waals surface area contributed by atoms with Gasteiger partial charge in [-0.25, -0.2) is 0 Å². The molecule has 0 fully saturated rings. The van der Waals surface area contributed by atoms with Gasteiger partial charge in [-0.15, -0.1) is 10.2 Å². The number of aromatic nitrogens is 2. The Labute approximate surface area is 84.7 Å². The zero-order valence-electron chi connectivity index (χ0n) is 7.44. The molecule has 0 atom stereocenters. The lowest BCUT2D eigenvalue weighted by atomic mass is 10.5. The first-order valence-corrected chi connectivity index (χ1v) is 5.58. The molecule has 0 spiro atoms. The van der Waals surface area contributed by atoms with Crippen LogP contribution in [0.1, 0.15) is 11.9 Å². The van der Waals surface area contributed by atoms with E-state index in [0.717, 1.165) is 15.8 Å². The van der Waals surface area contributed by atoms with E-state index >= 15 is 0 Å². The minimum absolute atomic E-state index is 0.238. The lowest BCUT2D eigenvalue weighted by Crippen LogP contribution is -2.02. The predicted octanol–water partition coefficient (Wildman–Crippen LogP) is 1.37. The van der Waals surface area contributed by atoms with Crippen molar-refractivity contribution in [3.63, 3.8) is 0 Å². The van der Waals surface area contributed by atoms with Gasteiger partial charge >= 0.3 is 5.97 Å². The second kappa shape index (κ2) is 5.18. The third-order valence-electron chi connectivity index (χ3n) is 1.29. The Kier molecular flexibility index (Phi) is 4.17. The number of methoxy groups -OCH3 is 1. The average molecular weight is 218 g/mol. The molecule has 0 radical (unpaired) electrons. The van der Waals surface area contributed by atoms with E-state index in [1.165, 1.54) is 30.2 Å². The van der Waals surface area contributed by atoms with Gasteiger partial charge in [-0.3, -0.25) is 4.79 Å². The molecule has 0 unspecified atom stereocenters. The van der Waals surface area contributed by atoms with Gasteiger partial charge in [0, 0.05) is 0 Å². The fourth-order valence-electron chi connectivity index (χ4n) is 0.619. The molecule has 0 aliphatic rings. The fourth-order valence-corrected chi connectivity index (χ4v) is 2.29. The summed E-state index contributed by atoms with van der Waals surface area (Å²) in [5.41, 5.74) is 0. The van der Waals surface area contributed by atoms with E-state index in [1.807, 2.05) is 6.92 Å². The summed E-state index contributed by atoms with van der Waals surface area (Å²) >= 11 is 2.88. The third-order valence-corrected chi connectivity index (χ3v) is 3.47. The molecule has 13 heavy (non-hydrogen) atoms. The predicted molar refractivity (Wildman–Crippen MR) is 52.0 cm³/mol. The van der Waals surface area contributed by atoms with Gasteiger partial charge in [0.15, 0.2) is 4.34 Å². The van der Waals surface area contributed by atoms with Crippen molar-refractivity contribution in [3.8, 4) is 0 Å². The van der Waals surface area contributed by atoms with Gasteiger partial charge in [0.25, 0.3) is 0 Å². The van der Waals surface area contributed by atoms with E-state index < -0.39 is 0 Å². The highest BCUT2D eigenvalue weighted by molar-refractivity contribution is 8.01. The fraction of sp³-hybridized carbons (Fsp3) is 0.571. The molecular weight excluding hydrogens is 208 g/mol. The summed E-state index contributed by atoms with van der Waals surface area (Å²) < 4.78 is 5.32. The molecule has 0 aromatic carbocycles. The maximum Gasteiger partial charge on any atom is 0.316 e. The molecule has 0 saturated heterocycles. The number of thioether (sulfide) groups is 1. The van der Waals surface area contributed by atoms with Crippen LogP contribution >= 0.6 is 23.1 Å². The average Bonchev–Trinajstić information content (AvgIpc) is 2.61. The van der Waals surface area contributed by atoms with Crippen molar-refractivity contribution >= 4 is 29.1 Å². The van der Waals surface area contributed by atoms with Crippen LogP contribution in [0.3, 0.4) is 0 Å². The second-order valence-corrected chi connectivity index (χ2v) is 4.46. The van der Waals surface area contributed by atoms with Crippen LogP contribution in [0.4, 0.5) is 0 Å². The van der Waals surface area contributed by atoms with Crippen LogP contribution in [-0.2, 0) is 16.0 Å². The molecule has 0 aliphatic heterocycles. The van der Waals surface area contributed by atoms with Gasteiger partial charge in [0.05, 0.1) is 12.9 Å². The minimum atomic E-state index is -0.238. The van der Waals surface area contributed by atoms with Gasteiger partial charge in [-0.2, -0.15) is 0 Å². The molecule has 0 bridgehead atoms. The summed E-state index contributed by atoms with van der Waals surface area (Å²) in [6, 6.07) is 0. The van der Waals surface area contributed by atoms with Crippen LogP contribution < -0.4 is 0 Å². The lowest BCUT2D eigenvalue weighted by Gasteiger charge is -1.94. The Morgan fingerprint density at radius 3 is 2.92 bits per heavy atom. The molecule has 0 amide bonds. The number of nitrogens with zero attached hydrogens (tertiary/aromatic N) is 2. The number of carbonyl (C=O) groups is 1. The molecule has 0 N–H and O–H groups in total. The largest absolute Gasteiger partial charge is 0.468 e. The van der Waals surface area contributed by atoms with E-state index in [0.29, 0.717) is 5.75 Å². The Morgan fingerprint density at radius 1 is 1.62 bits per heavy atom. The van der Waals surface area contributed by atoms with E-state index in [4.69, 9.17) is 0 Å². The molecule has 6 heteroatoms. The zero-order valence-corrected chi connectivity index (χ0v) is 9.07. The molecule has 0 aliphatic carbocycles. The van der Waals surface area contributed by atoms with Crippen molar-refractivity contribution in [2.75, 3.05) is 12.9 Å². The molecule has 72 valence electrons. The second-order valence-electron chi connectivity index (χ2n) is 2.18. The van der Waals surface area contributed by atoms with Crippen LogP contribution in [0.5, 0.6) is 0 Å². The molecule has 1 rings (SSSR count). The van der Waals surface area contributed by atoms with Crippen LogP contribution in [0.15, 0.2) is 4.34 Å². The summed E-state index contributed by atoms with van der Waals surface area (Å²) in [7, 11) is 1.38. The van der Waals surface area contributed by atoms with Gasteiger partial charge in [-0.1, -0.05) is 30.0 Å². The van der Waals surface area contributed by atoms with Gasteiger partial charge in [0.2, 0.25) is 0 Å². The van der Waals surface area contributed by atoms with E-state index in [9.17, 15) is 4.79 Å². The van der Waals surface area contributed by atoms with Crippen molar-refractivity contribution in [3.05, 3.63) is 5.01 Å². The number of ether oxygens (including phenoxy) is 1. The maximum absolute atomic E-state index is 10.8. The first-order valence-electron chi connectivity index (χ1n) is 3.78.